The van der Waals surface area contributed by atoms with Gasteiger partial charge in [0.2, 0.25) is 5.91 Å². The second-order valence-corrected chi connectivity index (χ2v) is 4.36. The summed E-state index contributed by atoms with van der Waals surface area (Å²) in [6, 6.07) is 0.386. The molecular formula is C8H16N2OS. The van der Waals surface area contributed by atoms with Gasteiger partial charge in [0.25, 0.3) is 0 Å². The molecule has 3 nitrogen and oxygen atoms in total. The SMILES string of the molecule is CC(CN)C(=O)NC1CCSC1. The zero-order valence-electron chi connectivity index (χ0n) is 7.38. The molecular weight excluding hydrogens is 172 g/mol. The summed E-state index contributed by atoms with van der Waals surface area (Å²) in [4.78, 5) is 11.3. The summed E-state index contributed by atoms with van der Waals surface area (Å²) in [7, 11) is 0. The molecule has 2 atom stereocenters. The van der Waals surface area contributed by atoms with Gasteiger partial charge < -0.3 is 11.1 Å². The Hall–Kier alpha value is -0.220. The second-order valence-electron chi connectivity index (χ2n) is 3.21. The molecule has 1 saturated heterocycles. The van der Waals surface area contributed by atoms with Gasteiger partial charge in [-0.2, -0.15) is 11.8 Å². The van der Waals surface area contributed by atoms with Crippen LogP contribution in [0.3, 0.4) is 0 Å². The van der Waals surface area contributed by atoms with Crippen LogP contribution < -0.4 is 11.1 Å². The Kier molecular flexibility index (Phi) is 3.88. The Morgan fingerprint density at radius 2 is 2.58 bits per heavy atom. The van der Waals surface area contributed by atoms with Gasteiger partial charge in [-0.1, -0.05) is 6.92 Å². The van der Waals surface area contributed by atoms with Gasteiger partial charge in [-0.3, -0.25) is 4.79 Å². The van der Waals surface area contributed by atoms with Crippen molar-refractivity contribution in [1.29, 1.82) is 0 Å². The quantitative estimate of drug-likeness (QED) is 0.665. The molecule has 70 valence electrons. The maximum absolute atomic E-state index is 11.3. The van der Waals surface area contributed by atoms with Gasteiger partial charge in [0.1, 0.15) is 0 Å². The fourth-order valence-corrected chi connectivity index (χ4v) is 2.25. The molecule has 1 heterocycles. The van der Waals surface area contributed by atoms with E-state index in [1.807, 2.05) is 18.7 Å². The number of nitrogens with two attached hydrogens (primary N) is 1. The van der Waals surface area contributed by atoms with Crippen molar-refractivity contribution in [3.8, 4) is 0 Å². The minimum absolute atomic E-state index is 0.0457. The predicted molar refractivity (Wildman–Crippen MR) is 52.1 cm³/mol. The highest BCUT2D eigenvalue weighted by Gasteiger charge is 2.19. The fourth-order valence-electron chi connectivity index (χ4n) is 1.10. The Labute approximate surface area is 77.5 Å². The molecule has 3 N–H and O–H groups in total. The van der Waals surface area contributed by atoms with Crippen molar-refractivity contribution >= 4 is 17.7 Å². The first-order valence-electron chi connectivity index (χ1n) is 4.32. The van der Waals surface area contributed by atoms with Crippen molar-refractivity contribution in [1.82, 2.24) is 5.32 Å². The topological polar surface area (TPSA) is 55.1 Å². The van der Waals surface area contributed by atoms with Gasteiger partial charge in [-0.05, 0) is 12.2 Å². The monoisotopic (exact) mass is 188 g/mol. The number of hydrogen-bond acceptors (Lipinski definition) is 3. The summed E-state index contributed by atoms with van der Waals surface area (Å²) in [5.74, 6) is 2.28. The van der Waals surface area contributed by atoms with E-state index in [0.717, 1.165) is 12.2 Å². The van der Waals surface area contributed by atoms with Crippen LogP contribution in [0.5, 0.6) is 0 Å². The van der Waals surface area contributed by atoms with E-state index in [2.05, 4.69) is 5.32 Å². The molecule has 2 unspecified atom stereocenters. The van der Waals surface area contributed by atoms with Gasteiger partial charge in [0, 0.05) is 24.3 Å². The standard InChI is InChI=1S/C8H16N2OS/c1-6(4-9)8(11)10-7-2-3-12-5-7/h6-7H,2-5,9H2,1H3,(H,10,11). The molecule has 12 heavy (non-hydrogen) atoms. The van der Waals surface area contributed by atoms with E-state index in [9.17, 15) is 4.79 Å². The molecule has 0 radical (unpaired) electrons. The molecule has 1 amide bonds. The van der Waals surface area contributed by atoms with E-state index in [-0.39, 0.29) is 11.8 Å². The summed E-state index contributed by atoms with van der Waals surface area (Å²) in [5, 5.41) is 2.99. The average molecular weight is 188 g/mol. The maximum Gasteiger partial charge on any atom is 0.224 e. The van der Waals surface area contributed by atoms with E-state index in [1.54, 1.807) is 0 Å². The van der Waals surface area contributed by atoms with Crippen molar-refractivity contribution in [3.05, 3.63) is 0 Å². The van der Waals surface area contributed by atoms with Gasteiger partial charge in [-0.15, -0.1) is 0 Å². The summed E-state index contributed by atoms with van der Waals surface area (Å²) < 4.78 is 0. The third-order valence-corrected chi connectivity index (χ3v) is 3.24. The Balaban J connectivity index is 2.25. The Morgan fingerprint density at radius 3 is 3.08 bits per heavy atom. The predicted octanol–water partition coefficient (Wildman–Crippen LogP) is 0.203. The third kappa shape index (κ3) is 2.68. The molecule has 0 spiro atoms. The van der Waals surface area contributed by atoms with Crippen LogP contribution in [0.15, 0.2) is 0 Å². The molecule has 4 heteroatoms. The fraction of sp³-hybridized carbons (Fsp3) is 0.875. The first-order chi connectivity index (χ1) is 5.74. The van der Waals surface area contributed by atoms with Gasteiger partial charge in [0.05, 0.1) is 0 Å². The highest BCUT2D eigenvalue weighted by atomic mass is 32.2. The molecule has 0 aliphatic carbocycles. The molecule has 0 bridgehead atoms. The normalized spacial score (nSPS) is 25.3. The molecule has 1 fully saturated rings. The van der Waals surface area contributed by atoms with Gasteiger partial charge in [-0.25, -0.2) is 0 Å². The molecule has 1 aliphatic rings. The zero-order valence-corrected chi connectivity index (χ0v) is 8.19. The number of thioether (sulfide) groups is 1. The smallest absolute Gasteiger partial charge is 0.224 e. The summed E-state index contributed by atoms with van der Waals surface area (Å²) in [5.41, 5.74) is 5.38. The molecule has 1 aliphatic heterocycles. The number of carbonyl (C=O) groups is 1. The number of hydrogen-bond donors (Lipinski definition) is 2. The largest absolute Gasteiger partial charge is 0.352 e. The van der Waals surface area contributed by atoms with Crippen LogP contribution in [0.2, 0.25) is 0 Å². The Morgan fingerprint density at radius 1 is 1.83 bits per heavy atom. The van der Waals surface area contributed by atoms with E-state index in [4.69, 9.17) is 5.73 Å². The maximum atomic E-state index is 11.3. The van der Waals surface area contributed by atoms with Crippen molar-refractivity contribution in [2.75, 3.05) is 18.1 Å². The van der Waals surface area contributed by atoms with E-state index >= 15 is 0 Å². The third-order valence-electron chi connectivity index (χ3n) is 2.08. The summed E-state index contributed by atoms with van der Waals surface area (Å²) in [6.45, 7) is 2.29. The van der Waals surface area contributed by atoms with Crippen molar-refractivity contribution in [3.63, 3.8) is 0 Å². The van der Waals surface area contributed by atoms with Crippen molar-refractivity contribution in [2.24, 2.45) is 11.7 Å². The van der Waals surface area contributed by atoms with Crippen molar-refractivity contribution in [2.45, 2.75) is 19.4 Å². The van der Waals surface area contributed by atoms with Crippen LogP contribution >= 0.6 is 11.8 Å². The molecule has 0 aromatic rings. The molecule has 1 rings (SSSR count). The lowest BCUT2D eigenvalue weighted by Gasteiger charge is -2.14. The first kappa shape index (κ1) is 9.86. The lowest BCUT2D eigenvalue weighted by molar-refractivity contribution is -0.124. The minimum atomic E-state index is -0.0457. The number of rotatable bonds is 3. The van der Waals surface area contributed by atoms with E-state index < -0.39 is 0 Å². The molecule has 0 aromatic heterocycles. The highest BCUT2D eigenvalue weighted by Crippen LogP contribution is 2.17. The lowest BCUT2D eigenvalue weighted by Crippen LogP contribution is -2.40. The van der Waals surface area contributed by atoms with Crippen molar-refractivity contribution < 1.29 is 4.79 Å². The van der Waals surface area contributed by atoms with E-state index in [1.165, 1.54) is 5.75 Å². The van der Waals surface area contributed by atoms with Gasteiger partial charge >= 0.3 is 0 Å². The summed E-state index contributed by atoms with van der Waals surface area (Å²) in [6.07, 6.45) is 1.10. The highest BCUT2D eigenvalue weighted by molar-refractivity contribution is 7.99. The molecule has 0 aromatic carbocycles. The van der Waals surface area contributed by atoms with E-state index in [0.29, 0.717) is 12.6 Å². The van der Waals surface area contributed by atoms with Crippen LogP contribution in [-0.4, -0.2) is 30.0 Å². The minimum Gasteiger partial charge on any atom is -0.352 e. The van der Waals surface area contributed by atoms with Gasteiger partial charge in [0.15, 0.2) is 0 Å². The van der Waals surface area contributed by atoms with Crippen LogP contribution in [0.4, 0.5) is 0 Å². The zero-order chi connectivity index (χ0) is 8.97. The first-order valence-corrected chi connectivity index (χ1v) is 5.47. The van der Waals surface area contributed by atoms with Crippen LogP contribution in [0.1, 0.15) is 13.3 Å². The summed E-state index contributed by atoms with van der Waals surface area (Å²) >= 11 is 1.90. The number of carbonyl (C=O) groups excluding carboxylic acids is 1. The number of amides is 1. The van der Waals surface area contributed by atoms with Crippen LogP contribution in [0, 0.1) is 5.92 Å². The number of nitrogens with one attached hydrogen (secondary N) is 1. The van der Waals surface area contributed by atoms with Crippen LogP contribution in [0.25, 0.3) is 0 Å². The lowest BCUT2D eigenvalue weighted by atomic mass is 10.1. The van der Waals surface area contributed by atoms with Crippen LogP contribution in [-0.2, 0) is 4.79 Å². The average Bonchev–Trinajstić information content (AvgIpc) is 2.55. The Bertz CT molecular complexity index is 157. The molecule has 0 saturated carbocycles. The second kappa shape index (κ2) is 4.72.